The second-order valence-corrected chi connectivity index (χ2v) is 10.1. The fourth-order valence-electron chi connectivity index (χ4n) is 4.22. The third-order valence-electron chi connectivity index (χ3n) is 5.98. The number of ether oxygens (including phenoxy) is 1. The average Bonchev–Trinajstić information content (AvgIpc) is 3.14. The minimum Gasteiger partial charge on any atom is -0.444 e. The first-order valence-corrected chi connectivity index (χ1v) is 12.4. The number of amides is 5. The second kappa shape index (κ2) is 12.2. The minimum atomic E-state index is -0.727. The molecule has 1 fully saturated rings. The van der Waals surface area contributed by atoms with Crippen LogP contribution in [0.15, 0.2) is 18.2 Å². The standard InChI is InChI=1S/C25H36N6O6/c1-25(2,3)37-24(36)30(12-5-10-26)13-11-27-14-21(33)28-18-7-4-6-16-17(18)15-31(23(16)35)19-8-9-20(32)29-22(19)34/h4,6-7,19,27H,5,8-15,26H2,1-3H3,(H,28,33)(H,29,32,34). The van der Waals surface area contributed by atoms with Gasteiger partial charge in [-0.05, 0) is 52.3 Å². The van der Waals surface area contributed by atoms with Crippen LogP contribution >= 0.6 is 0 Å². The fourth-order valence-corrected chi connectivity index (χ4v) is 4.22. The van der Waals surface area contributed by atoms with Crippen LogP contribution in [0.2, 0.25) is 0 Å². The number of carbonyl (C=O) groups excluding carboxylic acids is 5. The van der Waals surface area contributed by atoms with Gasteiger partial charge in [0.15, 0.2) is 0 Å². The number of nitrogens with zero attached hydrogens (tertiary/aromatic N) is 2. The summed E-state index contributed by atoms with van der Waals surface area (Å²) in [7, 11) is 0. The summed E-state index contributed by atoms with van der Waals surface area (Å²) in [5.74, 6) is -1.46. The molecule has 2 aliphatic rings. The summed E-state index contributed by atoms with van der Waals surface area (Å²) in [4.78, 5) is 64.7. The van der Waals surface area contributed by atoms with Crippen molar-refractivity contribution in [1.29, 1.82) is 0 Å². The van der Waals surface area contributed by atoms with Gasteiger partial charge in [-0.1, -0.05) is 6.07 Å². The molecule has 5 amide bonds. The van der Waals surface area contributed by atoms with Gasteiger partial charge >= 0.3 is 6.09 Å². The van der Waals surface area contributed by atoms with Crippen molar-refractivity contribution in [3.63, 3.8) is 0 Å². The fraction of sp³-hybridized carbons (Fsp3) is 0.560. The summed E-state index contributed by atoms with van der Waals surface area (Å²) >= 11 is 0. The summed E-state index contributed by atoms with van der Waals surface area (Å²) in [5.41, 5.74) is 6.50. The number of fused-ring (bicyclic) bond motifs is 1. The van der Waals surface area contributed by atoms with E-state index in [1.54, 1.807) is 43.9 Å². The van der Waals surface area contributed by atoms with E-state index in [-0.39, 0.29) is 43.7 Å². The van der Waals surface area contributed by atoms with Crippen molar-refractivity contribution in [2.75, 3.05) is 38.0 Å². The zero-order chi connectivity index (χ0) is 27.2. The van der Waals surface area contributed by atoms with Crippen molar-refractivity contribution in [3.8, 4) is 0 Å². The van der Waals surface area contributed by atoms with Gasteiger partial charge < -0.3 is 30.9 Å². The Labute approximate surface area is 216 Å². The first kappa shape index (κ1) is 28.1. The molecule has 1 atom stereocenters. The van der Waals surface area contributed by atoms with Gasteiger partial charge in [-0.25, -0.2) is 4.79 Å². The highest BCUT2D eigenvalue weighted by molar-refractivity contribution is 6.06. The van der Waals surface area contributed by atoms with Crippen LogP contribution in [0.5, 0.6) is 0 Å². The molecule has 0 spiro atoms. The zero-order valence-corrected chi connectivity index (χ0v) is 21.6. The molecule has 0 bridgehead atoms. The van der Waals surface area contributed by atoms with Gasteiger partial charge in [0.1, 0.15) is 11.6 Å². The molecule has 0 radical (unpaired) electrons. The van der Waals surface area contributed by atoms with E-state index >= 15 is 0 Å². The smallest absolute Gasteiger partial charge is 0.410 e. The van der Waals surface area contributed by atoms with Gasteiger partial charge in [0, 0.05) is 49.4 Å². The highest BCUT2D eigenvalue weighted by Gasteiger charge is 2.40. The summed E-state index contributed by atoms with van der Waals surface area (Å²) in [6.07, 6.45) is 0.635. The predicted octanol–water partition coefficient (Wildman–Crippen LogP) is 0.562. The lowest BCUT2D eigenvalue weighted by Gasteiger charge is -2.29. The molecule has 2 aliphatic heterocycles. The van der Waals surface area contributed by atoms with Gasteiger partial charge in [-0.15, -0.1) is 0 Å². The lowest BCUT2D eigenvalue weighted by Crippen LogP contribution is -2.52. The Morgan fingerprint density at radius 3 is 2.65 bits per heavy atom. The van der Waals surface area contributed by atoms with Gasteiger partial charge in [-0.3, -0.25) is 24.5 Å². The highest BCUT2D eigenvalue weighted by Crippen LogP contribution is 2.32. The average molecular weight is 517 g/mol. The number of carbonyl (C=O) groups is 5. The maximum absolute atomic E-state index is 12.9. The normalized spacial score (nSPS) is 17.4. The van der Waals surface area contributed by atoms with E-state index in [0.717, 1.165) is 0 Å². The molecular formula is C25H36N6O6. The SMILES string of the molecule is CC(C)(C)OC(=O)N(CCCN)CCNCC(=O)Nc1cccc2c1CN(C1CCC(=O)NC1=O)C2=O. The van der Waals surface area contributed by atoms with Crippen LogP contribution in [0.4, 0.5) is 10.5 Å². The highest BCUT2D eigenvalue weighted by atomic mass is 16.6. The molecule has 3 rings (SSSR count). The molecule has 12 heteroatoms. The van der Waals surface area contributed by atoms with E-state index < -0.39 is 23.6 Å². The van der Waals surface area contributed by atoms with Crippen LogP contribution in [-0.4, -0.2) is 83.9 Å². The first-order chi connectivity index (χ1) is 17.5. The maximum atomic E-state index is 12.9. The third kappa shape index (κ3) is 7.49. The Morgan fingerprint density at radius 1 is 1.22 bits per heavy atom. The molecule has 202 valence electrons. The molecule has 0 aromatic heterocycles. The molecule has 1 aromatic carbocycles. The van der Waals surface area contributed by atoms with E-state index in [0.29, 0.717) is 49.4 Å². The monoisotopic (exact) mass is 516 g/mol. The number of rotatable bonds is 10. The molecular weight excluding hydrogens is 480 g/mol. The van der Waals surface area contributed by atoms with E-state index in [1.807, 2.05) is 0 Å². The molecule has 1 aromatic rings. The molecule has 2 heterocycles. The Hall–Kier alpha value is -3.51. The number of hydrogen-bond donors (Lipinski definition) is 4. The van der Waals surface area contributed by atoms with Crippen molar-refractivity contribution < 1.29 is 28.7 Å². The summed E-state index contributed by atoms with van der Waals surface area (Å²) in [5, 5.41) is 8.12. The Kier molecular flexibility index (Phi) is 9.22. The number of nitrogens with one attached hydrogen (secondary N) is 3. The molecule has 5 N–H and O–H groups in total. The van der Waals surface area contributed by atoms with E-state index in [9.17, 15) is 24.0 Å². The molecule has 1 saturated heterocycles. The molecule has 12 nitrogen and oxygen atoms in total. The van der Waals surface area contributed by atoms with Crippen LogP contribution in [-0.2, 0) is 25.7 Å². The van der Waals surface area contributed by atoms with Crippen molar-refractivity contribution in [1.82, 2.24) is 20.4 Å². The maximum Gasteiger partial charge on any atom is 0.410 e. The summed E-state index contributed by atoms with van der Waals surface area (Å²) in [6.45, 7) is 7.16. The summed E-state index contributed by atoms with van der Waals surface area (Å²) < 4.78 is 5.44. The number of nitrogens with two attached hydrogens (primary N) is 1. The van der Waals surface area contributed by atoms with Crippen LogP contribution in [0.3, 0.4) is 0 Å². The van der Waals surface area contributed by atoms with Crippen molar-refractivity contribution in [2.45, 2.75) is 58.2 Å². The molecule has 1 unspecified atom stereocenters. The van der Waals surface area contributed by atoms with Crippen molar-refractivity contribution in [2.24, 2.45) is 5.73 Å². The lowest BCUT2D eigenvalue weighted by atomic mass is 10.0. The Morgan fingerprint density at radius 2 is 1.97 bits per heavy atom. The largest absolute Gasteiger partial charge is 0.444 e. The Balaban J connectivity index is 1.53. The second-order valence-electron chi connectivity index (χ2n) is 10.1. The van der Waals surface area contributed by atoms with Crippen molar-refractivity contribution in [3.05, 3.63) is 29.3 Å². The van der Waals surface area contributed by atoms with Crippen LogP contribution in [0.25, 0.3) is 0 Å². The van der Waals surface area contributed by atoms with Gasteiger partial charge in [0.05, 0.1) is 6.54 Å². The predicted molar refractivity (Wildman–Crippen MR) is 135 cm³/mol. The lowest BCUT2D eigenvalue weighted by molar-refractivity contribution is -0.137. The van der Waals surface area contributed by atoms with Crippen LogP contribution in [0, 0.1) is 0 Å². The number of piperidine rings is 1. The van der Waals surface area contributed by atoms with Crippen LogP contribution in [0.1, 0.15) is 56.0 Å². The molecule has 0 saturated carbocycles. The number of imide groups is 1. The topological polar surface area (TPSA) is 163 Å². The van der Waals surface area contributed by atoms with Gasteiger partial charge in [0.2, 0.25) is 17.7 Å². The third-order valence-corrected chi connectivity index (χ3v) is 5.98. The number of anilines is 1. The zero-order valence-electron chi connectivity index (χ0n) is 21.6. The number of benzene rings is 1. The van der Waals surface area contributed by atoms with Gasteiger partial charge in [0.25, 0.3) is 5.91 Å². The van der Waals surface area contributed by atoms with E-state index in [1.165, 1.54) is 4.90 Å². The minimum absolute atomic E-state index is 0.00643. The van der Waals surface area contributed by atoms with Gasteiger partial charge in [-0.2, -0.15) is 0 Å². The van der Waals surface area contributed by atoms with Crippen molar-refractivity contribution >= 4 is 35.4 Å². The Bertz CT molecular complexity index is 1050. The molecule has 37 heavy (non-hydrogen) atoms. The molecule has 0 aliphatic carbocycles. The summed E-state index contributed by atoms with van der Waals surface area (Å²) in [6, 6.07) is 4.30. The van der Waals surface area contributed by atoms with Crippen LogP contribution < -0.4 is 21.7 Å². The van der Waals surface area contributed by atoms with E-state index in [4.69, 9.17) is 10.5 Å². The van der Waals surface area contributed by atoms with E-state index in [2.05, 4.69) is 16.0 Å². The number of hydrogen-bond acceptors (Lipinski definition) is 8. The quantitative estimate of drug-likeness (QED) is 0.259. The first-order valence-electron chi connectivity index (χ1n) is 12.4.